The zero-order valence-corrected chi connectivity index (χ0v) is 15.7. The molecular weight excluding hydrogens is 406 g/mol. The second kappa shape index (κ2) is 9.25. The van der Waals surface area contributed by atoms with E-state index in [1.165, 1.54) is 13.1 Å². The molecule has 1 heterocycles. The lowest BCUT2D eigenvalue weighted by atomic mass is 10.0. The van der Waals surface area contributed by atoms with E-state index in [9.17, 15) is 19.0 Å². The first-order valence-corrected chi connectivity index (χ1v) is 10.4. The number of aliphatic hydroxyl groups is 1. The van der Waals surface area contributed by atoms with Gasteiger partial charge in [0.2, 0.25) is 0 Å². The molecule has 7 N–H and O–H groups in total. The van der Waals surface area contributed by atoms with Gasteiger partial charge in [0.05, 0.1) is 18.5 Å². The predicted octanol–water partition coefficient (Wildman–Crippen LogP) is 0.516. The van der Waals surface area contributed by atoms with Crippen LogP contribution in [0.5, 0.6) is 0 Å². The topological polar surface area (TPSA) is 206 Å². The van der Waals surface area contributed by atoms with E-state index in [4.69, 9.17) is 24.7 Å². The molecule has 0 amide bonds. The van der Waals surface area contributed by atoms with Gasteiger partial charge in [-0.1, -0.05) is 6.08 Å². The van der Waals surface area contributed by atoms with E-state index in [1.807, 2.05) is 0 Å². The second-order valence-corrected chi connectivity index (χ2v) is 8.10. The molecule has 14 heteroatoms. The molecule has 0 aromatic carbocycles. The number of allylic oxidation sites excluding steroid dienone is 3. The van der Waals surface area contributed by atoms with Crippen molar-refractivity contribution < 1.29 is 48.2 Å². The first-order valence-electron chi connectivity index (χ1n) is 7.09. The Kier molecular flexibility index (Phi) is 7.88. The van der Waals surface area contributed by atoms with Crippen LogP contribution in [-0.2, 0) is 18.4 Å². The fourth-order valence-electron chi connectivity index (χ4n) is 1.72. The van der Waals surface area contributed by atoms with E-state index in [0.717, 1.165) is 18.4 Å². The van der Waals surface area contributed by atoms with Gasteiger partial charge in [0.1, 0.15) is 11.5 Å². The Morgan fingerprint density at radius 2 is 1.93 bits per heavy atom. The molecule has 27 heavy (non-hydrogen) atoms. The molecule has 0 fully saturated rings. The first kappa shape index (κ1) is 23.0. The number of carboxylic acids is 1. The lowest BCUT2D eigenvalue weighted by molar-refractivity contribution is -0.129. The molecular formula is C13H18N2O10P2. The molecule has 0 aromatic rings. The summed E-state index contributed by atoms with van der Waals surface area (Å²) in [5, 5.41) is 21.8. The van der Waals surface area contributed by atoms with Gasteiger partial charge in [-0.15, -0.1) is 0 Å². The summed E-state index contributed by atoms with van der Waals surface area (Å²) in [6, 6.07) is 0. The van der Waals surface area contributed by atoms with Gasteiger partial charge < -0.3 is 35.1 Å². The van der Waals surface area contributed by atoms with Crippen molar-refractivity contribution >= 4 is 27.1 Å². The summed E-state index contributed by atoms with van der Waals surface area (Å²) in [7, 11) is -9.14. The fraction of sp³-hybridized carbons (Fsp3) is 0.231. The van der Waals surface area contributed by atoms with Crippen LogP contribution in [0.1, 0.15) is 6.92 Å². The Labute approximate surface area is 153 Å². The summed E-state index contributed by atoms with van der Waals surface area (Å²) in [4.78, 5) is 49.9. The Bertz CT molecular complexity index is 843. The van der Waals surface area contributed by atoms with Gasteiger partial charge in [-0.3, -0.25) is 9.09 Å². The number of aliphatic imine (C=N–C) groups is 1. The maximum atomic E-state index is 11.2. The standard InChI is InChI=1S/C13H18N2O10P2/c1-8-12(16)10(9(5-14-8)7-25-27(22,23)24)6-15-11(13(17)18)3-2-4-26(19,20)21/h2-3,5-6,14,16H,4,7H2,1H3,(H,17,18)(H2,19,20,21)(H2,22,23,24)/b3-2-,10-6-,15-11+. The van der Waals surface area contributed by atoms with E-state index < -0.39 is 39.9 Å². The lowest BCUT2D eigenvalue weighted by Crippen LogP contribution is -2.17. The fourth-order valence-corrected chi connectivity index (χ4v) is 2.41. The zero-order chi connectivity index (χ0) is 20.8. The van der Waals surface area contributed by atoms with Crippen molar-refractivity contribution in [1.82, 2.24) is 5.32 Å². The summed E-state index contributed by atoms with van der Waals surface area (Å²) in [6.07, 6.45) is 3.34. The molecule has 0 atom stereocenters. The number of nitrogens with zero attached hydrogens (tertiary/aromatic N) is 1. The van der Waals surface area contributed by atoms with Gasteiger partial charge in [-0.2, -0.15) is 0 Å². The summed E-state index contributed by atoms with van der Waals surface area (Å²) in [6.45, 7) is 0.883. The predicted molar refractivity (Wildman–Crippen MR) is 93.7 cm³/mol. The number of nitrogens with one attached hydrogen (secondary N) is 1. The molecule has 1 aliphatic rings. The van der Waals surface area contributed by atoms with Crippen LogP contribution in [0.4, 0.5) is 0 Å². The third-order valence-electron chi connectivity index (χ3n) is 2.98. The number of dihydropyridines is 1. The quantitative estimate of drug-likeness (QED) is 0.211. The number of phosphoric acid groups is 1. The first-order chi connectivity index (χ1) is 12.3. The number of carbonyl (C=O) groups is 1. The van der Waals surface area contributed by atoms with Gasteiger partial charge in [-0.25, -0.2) is 14.4 Å². The van der Waals surface area contributed by atoms with Crippen LogP contribution in [0.2, 0.25) is 0 Å². The molecule has 0 saturated carbocycles. The van der Waals surface area contributed by atoms with Crippen LogP contribution in [0.15, 0.2) is 52.1 Å². The van der Waals surface area contributed by atoms with Crippen molar-refractivity contribution in [3.05, 3.63) is 47.2 Å². The van der Waals surface area contributed by atoms with Gasteiger partial charge in [0.25, 0.3) is 0 Å². The molecule has 0 saturated heterocycles. The molecule has 0 radical (unpaired) electrons. The molecule has 0 aromatic heterocycles. The highest BCUT2D eigenvalue weighted by Crippen LogP contribution is 2.37. The van der Waals surface area contributed by atoms with Crippen molar-refractivity contribution in [2.24, 2.45) is 4.99 Å². The van der Waals surface area contributed by atoms with Crippen molar-refractivity contribution in [2.75, 3.05) is 12.8 Å². The molecule has 0 aliphatic carbocycles. The molecule has 1 rings (SSSR count). The highest BCUT2D eigenvalue weighted by atomic mass is 31.2. The van der Waals surface area contributed by atoms with E-state index in [-0.39, 0.29) is 22.6 Å². The van der Waals surface area contributed by atoms with E-state index >= 15 is 0 Å². The van der Waals surface area contributed by atoms with E-state index in [0.29, 0.717) is 0 Å². The highest BCUT2D eigenvalue weighted by Gasteiger charge is 2.22. The number of hydrogen-bond acceptors (Lipinski definition) is 7. The molecule has 0 spiro atoms. The van der Waals surface area contributed by atoms with Gasteiger partial charge >= 0.3 is 21.4 Å². The second-order valence-electron chi connectivity index (χ2n) is 5.16. The summed E-state index contributed by atoms with van der Waals surface area (Å²) in [5.41, 5.74) is -0.295. The lowest BCUT2D eigenvalue weighted by Gasteiger charge is -2.19. The zero-order valence-electron chi connectivity index (χ0n) is 13.9. The number of phosphoric ester groups is 1. The van der Waals surface area contributed by atoms with Crippen LogP contribution in [0, 0.1) is 0 Å². The number of aliphatic hydroxyl groups excluding tert-OH is 1. The normalized spacial score (nSPS) is 18.0. The van der Waals surface area contributed by atoms with Gasteiger partial charge in [0, 0.05) is 23.5 Å². The van der Waals surface area contributed by atoms with Crippen molar-refractivity contribution in [2.45, 2.75) is 6.92 Å². The van der Waals surface area contributed by atoms with Crippen molar-refractivity contribution in [3.8, 4) is 0 Å². The molecule has 12 nitrogen and oxygen atoms in total. The van der Waals surface area contributed by atoms with Crippen molar-refractivity contribution in [3.63, 3.8) is 0 Å². The molecule has 1 aliphatic heterocycles. The average Bonchev–Trinajstić information content (AvgIpc) is 2.50. The Hall–Kier alpha value is -2.04. The Morgan fingerprint density at radius 3 is 2.44 bits per heavy atom. The monoisotopic (exact) mass is 424 g/mol. The van der Waals surface area contributed by atoms with Crippen LogP contribution in [0.3, 0.4) is 0 Å². The number of aliphatic carboxylic acids is 1. The van der Waals surface area contributed by atoms with Gasteiger partial charge in [-0.05, 0) is 13.0 Å². The maximum Gasteiger partial charge on any atom is 0.469 e. The maximum absolute atomic E-state index is 11.2. The third-order valence-corrected chi connectivity index (χ3v) is 4.13. The highest BCUT2D eigenvalue weighted by molar-refractivity contribution is 7.51. The van der Waals surface area contributed by atoms with E-state index in [1.54, 1.807) is 0 Å². The molecule has 150 valence electrons. The SMILES string of the molecule is CC1=C(O)\C(=C/N=C(\C=C/CP(=O)(O)O)C(=O)O)C(COP(=O)(O)O)=CN1. The van der Waals surface area contributed by atoms with Crippen LogP contribution in [-0.4, -0.2) is 54.2 Å². The van der Waals surface area contributed by atoms with Gasteiger partial charge in [0.15, 0.2) is 0 Å². The van der Waals surface area contributed by atoms with Crippen LogP contribution >= 0.6 is 15.4 Å². The smallest absolute Gasteiger partial charge is 0.469 e. The largest absolute Gasteiger partial charge is 0.505 e. The van der Waals surface area contributed by atoms with E-state index in [2.05, 4.69) is 14.8 Å². The minimum Gasteiger partial charge on any atom is -0.505 e. The van der Waals surface area contributed by atoms with Crippen LogP contribution < -0.4 is 5.32 Å². The molecule has 0 unspecified atom stereocenters. The van der Waals surface area contributed by atoms with Crippen LogP contribution in [0.25, 0.3) is 0 Å². The average molecular weight is 424 g/mol. The summed E-state index contributed by atoms with van der Waals surface area (Å²) < 4.78 is 26.0. The summed E-state index contributed by atoms with van der Waals surface area (Å²) in [5.74, 6) is -1.85. The summed E-state index contributed by atoms with van der Waals surface area (Å²) >= 11 is 0. The third kappa shape index (κ3) is 8.46. The number of carboxylic acid groups (broad SMARTS) is 1. The number of hydrogen-bond donors (Lipinski definition) is 7. The minimum atomic E-state index is -4.79. The Morgan fingerprint density at radius 1 is 1.30 bits per heavy atom. The minimum absolute atomic E-state index is 0.0539. The molecule has 0 bridgehead atoms. The Balaban J connectivity index is 3.17. The van der Waals surface area contributed by atoms with Crippen molar-refractivity contribution in [1.29, 1.82) is 0 Å². The number of rotatable bonds is 8.